The fourth-order valence-electron chi connectivity index (χ4n) is 9.39. The lowest BCUT2D eigenvalue weighted by atomic mass is 9.45. The first-order chi connectivity index (χ1) is 24.8. The Balaban J connectivity index is 1.68. The highest BCUT2D eigenvalue weighted by atomic mass is 28.4. The molecule has 0 aromatic heterocycles. The summed E-state index contributed by atoms with van der Waals surface area (Å²) in [6.07, 6.45) is -6.08. The molecular weight excluding hydrogens is 701 g/mol. The number of carbonyl (C=O) groups excluding carboxylic acids is 4. The van der Waals surface area contributed by atoms with Crippen LogP contribution in [0.1, 0.15) is 64.7 Å². The van der Waals surface area contributed by atoms with E-state index >= 15 is 4.79 Å². The second-order valence-electron chi connectivity index (χ2n) is 16.0. The monoisotopic (exact) mass is 750 g/mol. The SMILES string of the molecule is CCOC(=O)OC1=C2C(C)[C@@H](O)C[C@@](O)([C@@H](OC(=O)c3ccccc3)C3[C@](C)(C1=O)C(O[Si](C)(C)c1ccccc1)C[C@H]1OC[C@@]31OC(C)=O)C2(C)C. The Morgan fingerprint density at radius 1 is 1.00 bits per heavy atom. The summed E-state index contributed by atoms with van der Waals surface area (Å²) in [6.45, 7) is 13.2. The van der Waals surface area contributed by atoms with Crippen LogP contribution in [0.25, 0.3) is 0 Å². The van der Waals surface area contributed by atoms with E-state index in [1.807, 2.05) is 43.4 Å². The number of ether oxygens (including phenoxy) is 5. The van der Waals surface area contributed by atoms with Crippen molar-refractivity contribution in [3.63, 3.8) is 0 Å². The fourth-order valence-corrected chi connectivity index (χ4v) is 11.6. The van der Waals surface area contributed by atoms with E-state index in [2.05, 4.69) is 0 Å². The Morgan fingerprint density at radius 3 is 2.19 bits per heavy atom. The zero-order valence-electron chi connectivity index (χ0n) is 31.5. The molecule has 0 amide bonds. The van der Waals surface area contributed by atoms with Crippen LogP contribution < -0.4 is 5.19 Å². The molecule has 1 saturated heterocycles. The maximum Gasteiger partial charge on any atom is 0.513 e. The summed E-state index contributed by atoms with van der Waals surface area (Å²) in [6, 6.07) is 17.8. The first kappa shape index (κ1) is 38.8. The number of allylic oxidation sites excluding steroid dienone is 1. The lowest BCUT2D eigenvalue weighted by Crippen LogP contribution is -2.81. The number of rotatable bonds is 8. The van der Waals surface area contributed by atoms with Gasteiger partial charge in [0.15, 0.2) is 11.4 Å². The van der Waals surface area contributed by atoms with E-state index < -0.39 is 96.2 Å². The molecule has 53 heavy (non-hydrogen) atoms. The summed E-state index contributed by atoms with van der Waals surface area (Å²) >= 11 is 0. The average Bonchev–Trinajstić information content (AvgIpc) is 3.10. The first-order valence-electron chi connectivity index (χ1n) is 18.2. The first-order valence-corrected chi connectivity index (χ1v) is 21.1. The third-order valence-electron chi connectivity index (χ3n) is 12.3. The van der Waals surface area contributed by atoms with Gasteiger partial charge >= 0.3 is 18.1 Å². The molecule has 12 nitrogen and oxygen atoms in total. The van der Waals surface area contributed by atoms with Crippen molar-refractivity contribution in [1.29, 1.82) is 0 Å². The zero-order valence-corrected chi connectivity index (χ0v) is 32.5. The van der Waals surface area contributed by atoms with Crippen LogP contribution in [0.4, 0.5) is 4.79 Å². The molecule has 3 aliphatic carbocycles. The van der Waals surface area contributed by atoms with Crippen molar-refractivity contribution in [2.45, 2.75) is 103 Å². The minimum Gasteiger partial charge on any atom is -0.455 e. The molecule has 6 rings (SSSR count). The number of hydrogen-bond acceptors (Lipinski definition) is 12. The van der Waals surface area contributed by atoms with E-state index in [9.17, 15) is 24.6 Å². The predicted molar refractivity (Wildman–Crippen MR) is 193 cm³/mol. The number of hydrogen-bond donors (Lipinski definition) is 2. The Hall–Kier alpha value is -3.88. The molecule has 2 bridgehead atoms. The molecule has 1 heterocycles. The van der Waals surface area contributed by atoms with Gasteiger partial charge in [0, 0.05) is 31.1 Å². The average molecular weight is 751 g/mol. The van der Waals surface area contributed by atoms with Gasteiger partial charge < -0.3 is 38.3 Å². The van der Waals surface area contributed by atoms with Crippen LogP contribution >= 0.6 is 0 Å². The van der Waals surface area contributed by atoms with Gasteiger partial charge in [-0.2, -0.15) is 0 Å². The van der Waals surface area contributed by atoms with Gasteiger partial charge in [-0.1, -0.05) is 69.3 Å². The number of fused-ring (bicyclic) bond motifs is 5. The van der Waals surface area contributed by atoms with Crippen LogP contribution in [0.3, 0.4) is 0 Å². The summed E-state index contributed by atoms with van der Waals surface area (Å²) in [5, 5.41) is 26.0. The van der Waals surface area contributed by atoms with Crippen molar-refractivity contribution in [3.8, 4) is 0 Å². The topological polar surface area (TPSA) is 164 Å². The third kappa shape index (κ3) is 6.14. The van der Waals surface area contributed by atoms with E-state index in [4.69, 9.17) is 28.1 Å². The van der Waals surface area contributed by atoms with Crippen molar-refractivity contribution >= 4 is 37.4 Å². The molecular formula is C40H50O12Si. The van der Waals surface area contributed by atoms with E-state index in [-0.39, 0.29) is 37.2 Å². The van der Waals surface area contributed by atoms with Gasteiger partial charge in [0.05, 0.1) is 42.3 Å². The van der Waals surface area contributed by atoms with Gasteiger partial charge in [-0.05, 0) is 49.8 Å². The van der Waals surface area contributed by atoms with Gasteiger partial charge in [0.25, 0.3) is 0 Å². The highest BCUT2D eigenvalue weighted by Gasteiger charge is 2.78. The van der Waals surface area contributed by atoms with Crippen LogP contribution in [-0.4, -0.2) is 91.2 Å². The highest BCUT2D eigenvalue weighted by molar-refractivity contribution is 6.84. The molecule has 2 N–H and O–H groups in total. The quantitative estimate of drug-likeness (QED) is 0.219. The number of Topliss-reactive ketones (excluding diaryl/α,β-unsaturated/α-hetero) is 1. The number of esters is 2. The molecule has 0 radical (unpaired) electrons. The third-order valence-corrected chi connectivity index (χ3v) is 14.9. The minimum absolute atomic E-state index is 0.0459. The van der Waals surface area contributed by atoms with Gasteiger partial charge in [0.2, 0.25) is 14.1 Å². The van der Waals surface area contributed by atoms with Crippen LogP contribution in [0.15, 0.2) is 72.0 Å². The molecule has 2 aromatic rings. The summed E-state index contributed by atoms with van der Waals surface area (Å²) in [5.41, 5.74) is -6.71. The molecule has 0 spiro atoms. The second-order valence-corrected chi connectivity index (χ2v) is 19.8. The van der Waals surface area contributed by atoms with Crippen LogP contribution in [0.2, 0.25) is 13.1 Å². The molecule has 3 unspecified atom stereocenters. The molecule has 3 fully saturated rings. The van der Waals surface area contributed by atoms with Crippen molar-refractivity contribution in [1.82, 2.24) is 0 Å². The Bertz CT molecular complexity index is 1790. The van der Waals surface area contributed by atoms with Gasteiger partial charge in [-0.25, -0.2) is 9.59 Å². The van der Waals surface area contributed by atoms with Crippen molar-refractivity contribution in [3.05, 3.63) is 77.6 Å². The van der Waals surface area contributed by atoms with Gasteiger partial charge in [-0.3, -0.25) is 9.59 Å². The lowest BCUT2D eigenvalue weighted by molar-refractivity contribution is -0.344. The van der Waals surface area contributed by atoms with Crippen molar-refractivity contribution in [2.24, 2.45) is 22.7 Å². The minimum atomic E-state index is -2.88. The largest absolute Gasteiger partial charge is 0.513 e. The highest BCUT2D eigenvalue weighted by Crippen LogP contribution is 2.65. The smallest absolute Gasteiger partial charge is 0.455 e. The van der Waals surface area contributed by atoms with Gasteiger partial charge in [0.1, 0.15) is 17.8 Å². The summed E-state index contributed by atoms with van der Waals surface area (Å²) < 4.78 is 37.0. The molecule has 2 aromatic carbocycles. The maximum atomic E-state index is 15.8. The molecule has 2 saturated carbocycles. The molecule has 4 aliphatic rings. The summed E-state index contributed by atoms with van der Waals surface area (Å²) in [4.78, 5) is 56.3. The van der Waals surface area contributed by atoms with E-state index in [1.54, 1.807) is 65.0 Å². The Morgan fingerprint density at radius 2 is 1.62 bits per heavy atom. The number of aliphatic hydroxyl groups excluding tert-OH is 1. The molecule has 286 valence electrons. The van der Waals surface area contributed by atoms with Crippen LogP contribution in [-0.2, 0) is 37.7 Å². The Kier molecular flexibility index (Phi) is 10.1. The van der Waals surface area contributed by atoms with Gasteiger partial charge in [-0.15, -0.1) is 0 Å². The fraction of sp³-hybridized carbons (Fsp3) is 0.550. The lowest BCUT2D eigenvalue weighted by Gasteiger charge is -2.67. The van der Waals surface area contributed by atoms with Crippen LogP contribution in [0, 0.1) is 22.7 Å². The van der Waals surface area contributed by atoms with Crippen LogP contribution in [0.5, 0.6) is 0 Å². The summed E-state index contributed by atoms with van der Waals surface area (Å²) in [7, 11) is -2.88. The van der Waals surface area contributed by atoms with E-state index in [1.165, 1.54) is 6.92 Å². The number of benzene rings is 2. The number of aliphatic hydroxyl groups is 2. The second kappa shape index (κ2) is 13.8. The zero-order chi connectivity index (χ0) is 38.7. The van der Waals surface area contributed by atoms with Crippen molar-refractivity contribution < 1.29 is 57.5 Å². The van der Waals surface area contributed by atoms with E-state index in [0.29, 0.717) is 0 Å². The normalized spacial score (nSPS) is 34.6. The van der Waals surface area contributed by atoms with E-state index in [0.717, 1.165) is 5.19 Å². The Labute approximate surface area is 310 Å². The maximum absolute atomic E-state index is 15.8. The molecule has 13 heteroatoms. The van der Waals surface area contributed by atoms with Crippen molar-refractivity contribution in [2.75, 3.05) is 13.2 Å². The summed E-state index contributed by atoms with van der Waals surface area (Å²) in [5.74, 6) is -4.72. The standard InChI is InChI=1S/C40H50O12Si/c1-9-47-36(45)49-31-30-23(2)27(42)21-40(46,37(30,4)5)34(50-35(44)25-16-12-10-13-17-25)32-38(6,33(31)43)28(20-29-39(32,22-48-29)51-24(3)41)52-53(7,8)26-18-14-11-15-19-26/h10-19,23,27-29,32,34,42,46H,9,20-22H2,1-8H3/t23?,27-,28?,29+,32?,34-,38+,39-,40+/m0/s1. The predicted octanol–water partition coefficient (Wildman–Crippen LogP) is 4.60. The molecule has 9 atom stereocenters. The number of ketones is 1. The molecule has 1 aliphatic heterocycles. The number of carbonyl (C=O) groups is 4.